The summed E-state index contributed by atoms with van der Waals surface area (Å²) in [5.41, 5.74) is -1.27. The second-order valence-corrected chi connectivity index (χ2v) is 8.30. The summed E-state index contributed by atoms with van der Waals surface area (Å²) >= 11 is 0. The highest BCUT2D eigenvalue weighted by Gasteiger charge is 2.23. The highest BCUT2D eigenvalue weighted by atomic mass is 16.4. The molecule has 158 valence electrons. The number of aliphatic hydroxyl groups excluding tert-OH is 2. The molecule has 0 heterocycles. The minimum absolute atomic E-state index is 0.345. The van der Waals surface area contributed by atoms with Gasteiger partial charge in [-0.3, -0.25) is 0 Å². The van der Waals surface area contributed by atoms with Gasteiger partial charge in [-0.15, -0.1) is 0 Å². The first-order valence-corrected chi connectivity index (χ1v) is 11.6. The van der Waals surface area contributed by atoms with Gasteiger partial charge in [0.25, 0.3) is 0 Å². The monoisotopic (exact) mass is 372 g/mol. The lowest BCUT2D eigenvalue weighted by Crippen LogP contribution is -2.37. The summed E-state index contributed by atoms with van der Waals surface area (Å²) < 4.78 is 0. The third-order valence-corrected chi connectivity index (χ3v) is 5.58. The summed E-state index contributed by atoms with van der Waals surface area (Å²) in [6.45, 7) is 1.59. The van der Waals surface area contributed by atoms with Crippen molar-refractivity contribution in [2.24, 2.45) is 0 Å². The predicted molar refractivity (Wildman–Crippen MR) is 113 cm³/mol. The van der Waals surface area contributed by atoms with Crippen molar-refractivity contribution < 1.29 is 15.3 Å². The molecule has 0 amide bonds. The Labute approximate surface area is 163 Å². The van der Waals surface area contributed by atoms with Gasteiger partial charge in [0.1, 0.15) is 5.60 Å². The molecule has 3 nitrogen and oxygen atoms in total. The largest absolute Gasteiger partial charge is 0.393 e. The predicted octanol–water partition coefficient (Wildman–Crippen LogP) is 6.13. The van der Waals surface area contributed by atoms with E-state index in [1.165, 1.54) is 103 Å². The maximum absolute atomic E-state index is 9.76. The Balaban J connectivity index is 3.11. The summed E-state index contributed by atoms with van der Waals surface area (Å²) in [6, 6.07) is 0. The quantitative estimate of drug-likeness (QED) is 0.212. The molecular weight excluding hydrogens is 324 g/mol. The third-order valence-electron chi connectivity index (χ3n) is 5.58. The molecule has 0 atom stereocenters. The van der Waals surface area contributed by atoms with Gasteiger partial charge in [0.15, 0.2) is 0 Å². The van der Waals surface area contributed by atoms with Crippen molar-refractivity contribution in [3.05, 3.63) is 0 Å². The average Bonchev–Trinajstić information content (AvgIpc) is 2.66. The summed E-state index contributed by atoms with van der Waals surface area (Å²) in [5, 5.41) is 27.8. The molecule has 0 fully saturated rings. The van der Waals surface area contributed by atoms with E-state index in [0.29, 0.717) is 6.42 Å². The fourth-order valence-electron chi connectivity index (χ4n) is 3.56. The summed E-state index contributed by atoms with van der Waals surface area (Å²) in [5.74, 6) is 0. The van der Waals surface area contributed by atoms with E-state index in [1.807, 2.05) is 0 Å². The molecule has 0 aromatic heterocycles. The first-order valence-electron chi connectivity index (χ1n) is 11.6. The lowest BCUT2D eigenvalue weighted by Gasteiger charge is -2.22. The van der Waals surface area contributed by atoms with Gasteiger partial charge in [0.2, 0.25) is 0 Å². The molecule has 0 aromatic carbocycles. The van der Waals surface area contributed by atoms with Gasteiger partial charge in [0, 0.05) is 0 Å². The van der Waals surface area contributed by atoms with Crippen LogP contribution in [0.2, 0.25) is 0 Å². The van der Waals surface area contributed by atoms with Crippen LogP contribution in [0.5, 0.6) is 0 Å². The van der Waals surface area contributed by atoms with Gasteiger partial charge >= 0.3 is 0 Å². The summed E-state index contributed by atoms with van der Waals surface area (Å²) in [7, 11) is 0. The van der Waals surface area contributed by atoms with Crippen molar-refractivity contribution >= 4 is 0 Å². The van der Waals surface area contributed by atoms with Crippen molar-refractivity contribution in [3.63, 3.8) is 0 Å². The maximum atomic E-state index is 9.76. The molecule has 0 saturated heterocycles. The highest BCUT2D eigenvalue weighted by Crippen LogP contribution is 2.17. The SMILES string of the molecule is CCCCCCCCCCCCCCCCCCCCC(O)(CO)CO. The van der Waals surface area contributed by atoms with Crippen LogP contribution >= 0.6 is 0 Å². The van der Waals surface area contributed by atoms with Crippen molar-refractivity contribution in [1.82, 2.24) is 0 Å². The normalized spacial score (nSPS) is 12.0. The van der Waals surface area contributed by atoms with Gasteiger partial charge in [-0.2, -0.15) is 0 Å². The molecule has 0 spiro atoms. The van der Waals surface area contributed by atoms with E-state index in [4.69, 9.17) is 10.2 Å². The Hall–Kier alpha value is -0.120. The molecule has 0 saturated carbocycles. The van der Waals surface area contributed by atoms with Crippen LogP contribution in [0.15, 0.2) is 0 Å². The molecule has 0 aliphatic heterocycles. The first kappa shape index (κ1) is 25.9. The molecule has 0 aliphatic carbocycles. The second-order valence-electron chi connectivity index (χ2n) is 8.30. The number of rotatable bonds is 21. The number of aliphatic hydroxyl groups is 3. The first-order chi connectivity index (χ1) is 12.7. The van der Waals surface area contributed by atoms with Gasteiger partial charge in [-0.1, -0.05) is 122 Å². The lowest BCUT2D eigenvalue weighted by molar-refractivity contribution is -0.0616. The Kier molecular flexibility index (Phi) is 19.5. The average molecular weight is 373 g/mol. The van der Waals surface area contributed by atoms with E-state index >= 15 is 0 Å². The van der Waals surface area contributed by atoms with Crippen LogP contribution < -0.4 is 0 Å². The van der Waals surface area contributed by atoms with E-state index in [9.17, 15) is 5.11 Å². The minimum Gasteiger partial charge on any atom is -0.393 e. The van der Waals surface area contributed by atoms with Crippen molar-refractivity contribution in [3.8, 4) is 0 Å². The van der Waals surface area contributed by atoms with Crippen LogP contribution in [0.3, 0.4) is 0 Å². The van der Waals surface area contributed by atoms with Gasteiger partial charge in [0.05, 0.1) is 13.2 Å². The Morgan fingerprint density at radius 2 is 0.731 bits per heavy atom. The third kappa shape index (κ3) is 17.3. The van der Waals surface area contributed by atoms with Crippen LogP contribution in [0.25, 0.3) is 0 Å². The van der Waals surface area contributed by atoms with E-state index in [1.54, 1.807) is 0 Å². The zero-order valence-electron chi connectivity index (χ0n) is 17.7. The fraction of sp³-hybridized carbons (Fsp3) is 1.00. The number of hydrogen-bond acceptors (Lipinski definition) is 3. The van der Waals surface area contributed by atoms with E-state index in [0.717, 1.165) is 12.8 Å². The minimum atomic E-state index is -1.27. The van der Waals surface area contributed by atoms with E-state index < -0.39 is 5.60 Å². The summed E-state index contributed by atoms with van der Waals surface area (Å²) in [4.78, 5) is 0. The number of unbranched alkanes of at least 4 members (excludes halogenated alkanes) is 17. The smallest absolute Gasteiger partial charge is 0.111 e. The zero-order chi connectivity index (χ0) is 19.3. The molecule has 0 unspecified atom stereocenters. The van der Waals surface area contributed by atoms with E-state index in [2.05, 4.69) is 6.92 Å². The molecule has 3 heteroatoms. The Morgan fingerprint density at radius 3 is 1.00 bits per heavy atom. The molecule has 26 heavy (non-hydrogen) atoms. The zero-order valence-corrected chi connectivity index (χ0v) is 17.7. The van der Waals surface area contributed by atoms with Gasteiger partial charge < -0.3 is 15.3 Å². The van der Waals surface area contributed by atoms with Crippen LogP contribution in [-0.4, -0.2) is 34.1 Å². The van der Waals surface area contributed by atoms with Crippen molar-refractivity contribution in [2.45, 2.75) is 135 Å². The van der Waals surface area contributed by atoms with E-state index in [-0.39, 0.29) is 13.2 Å². The lowest BCUT2D eigenvalue weighted by atomic mass is 9.97. The van der Waals surface area contributed by atoms with Crippen molar-refractivity contribution in [2.75, 3.05) is 13.2 Å². The van der Waals surface area contributed by atoms with Crippen LogP contribution in [0.4, 0.5) is 0 Å². The molecule has 0 bridgehead atoms. The Bertz CT molecular complexity index is 264. The second kappa shape index (κ2) is 19.6. The summed E-state index contributed by atoms with van der Waals surface area (Å²) in [6.07, 6.45) is 24.6. The van der Waals surface area contributed by atoms with Crippen LogP contribution in [0, 0.1) is 0 Å². The molecular formula is C23H48O3. The Morgan fingerprint density at radius 1 is 0.462 bits per heavy atom. The fourth-order valence-corrected chi connectivity index (χ4v) is 3.56. The van der Waals surface area contributed by atoms with Crippen molar-refractivity contribution in [1.29, 1.82) is 0 Å². The molecule has 0 aromatic rings. The van der Waals surface area contributed by atoms with Crippen LogP contribution in [0.1, 0.15) is 129 Å². The van der Waals surface area contributed by atoms with Crippen LogP contribution in [-0.2, 0) is 0 Å². The van der Waals surface area contributed by atoms with Gasteiger partial charge in [-0.25, -0.2) is 0 Å². The standard InChI is InChI=1S/C23H48O3/c1-2-3-4-5-6-7-8-9-10-11-12-13-14-15-16-17-18-19-20-23(26,21-24)22-25/h24-26H,2-22H2,1H3. The van der Waals surface area contributed by atoms with Gasteiger partial charge in [-0.05, 0) is 6.42 Å². The molecule has 0 aliphatic rings. The molecule has 3 N–H and O–H groups in total. The highest BCUT2D eigenvalue weighted by molar-refractivity contribution is 4.75. The molecule has 0 rings (SSSR count). The molecule has 0 radical (unpaired) electrons. The topological polar surface area (TPSA) is 60.7 Å². The number of hydrogen-bond donors (Lipinski definition) is 3. The maximum Gasteiger partial charge on any atom is 0.111 e.